The SMILES string of the molecule is O=C(CC1CCN(C(=O)c2cc3cc(Cl)ccc3[nH]2)CC1)NCCCN1CCOCC1. The molecule has 31 heavy (non-hydrogen) atoms. The molecular formula is C23H31ClN4O3. The van der Waals surface area contributed by atoms with E-state index in [1.165, 1.54) is 0 Å². The summed E-state index contributed by atoms with van der Waals surface area (Å²) < 4.78 is 5.35. The van der Waals surface area contributed by atoms with Crippen molar-refractivity contribution in [3.8, 4) is 0 Å². The van der Waals surface area contributed by atoms with E-state index in [1.807, 2.05) is 29.2 Å². The minimum absolute atomic E-state index is 0.0123. The second-order valence-electron chi connectivity index (χ2n) is 8.51. The van der Waals surface area contributed by atoms with Crippen LogP contribution < -0.4 is 5.32 Å². The van der Waals surface area contributed by atoms with Gasteiger partial charge in [0, 0.05) is 55.1 Å². The van der Waals surface area contributed by atoms with E-state index >= 15 is 0 Å². The number of amides is 2. The number of ether oxygens (including phenoxy) is 1. The van der Waals surface area contributed by atoms with Gasteiger partial charge in [0.05, 0.1) is 13.2 Å². The summed E-state index contributed by atoms with van der Waals surface area (Å²) in [6.07, 6.45) is 3.23. The van der Waals surface area contributed by atoms with Gasteiger partial charge < -0.3 is 19.9 Å². The van der Waals surface area contributed by atoms with Crippen LogP contribution in [0.25, 0.3) is 10.9 Å². The molecule has 2 fully saturated rings. The lowest BCUT2D eigenvalue weighted by Gasteiger charge is -2.31. The summed E-state index contributed by atoms with van der Waals surface area (Å²) in [5.41, 5.74) is 1.50. The molecule has 168 valence electrons. The molecule has 0 spiro atoms. The quantitative estimate of drug-likeness (QED) is 0.641. The molecule has 1 aromatic carbocycles. The van der Waals surface area contributed by atoms with E-state index in [0.29, 0.717) is 36.1 Å². The smallest absolute Gasteiger partial charge is 0.270 e. The zero-order valence-corrected chi connectivity index (χ0v) is 18.6. The minimum Gasteiger partial charge on any atom is -0.379 e. The Balaban J connectivity index is 1.16. The average Bonchev–Trinajstić information content (AvgIpc) is 3.21. The van der Waals surface area contributed by atoms with Crippen molar-refractivity contribution in [3.63, 3.8) is 0 Å². The maximum absolute atomic E-state index is 12.9. The number of hydrogen-bond donors (Lipinski definition) is 2. The highest BCUT2D eigenvalue weighted by Crippen LogP contribution is 2.24. The highest BCUT2D eigenvalue weighted by molar-refractivity contribution is 6.31. The number of benzene rings is 1. The van der Waals surface area contributed by atoms with Gasteiger partial charge in [0.15, 0.2) is 0 Å². The number of hydrogen-bond acceptors (Lipinski definition) is 4. The van der Waals surface area contributed by atoms with Gasteiger partial charge in [-0.1, -0.05) is 11.6 Å². The first-order valence-electron chi connectivity index (χ1n) is 11.2. The number of fused-ring (bicyclic) bond motifs is 1. The third-order valence-corrected chi connectivity index (χ3v) is 6.50. The normalized spacial score (nSPS) is 18.4. The van der Waals surface area contributed by atoms with Crippen molar-refractivity contribution in [2.45, 2.75) is 25.7 Å². The van der Waals surface area contributed by atoms with E-state index in [1.54, 1.807) is 0 Å². The Bertz CT molecular complexity index is 901. The number of likely N-dealkylation sites (tertiary alicyclic amines) is 1. The molecule has 4 rings (SSSR count). The summed E-state index contributed by atoms with van der Waals surface area (Å²) in [6.45, 7) is 6.68. The highest BCUT2D eigenvalue weighted by Gasteiger charge is 2.26. The molecule has 7 nitrogen and oxygen atoms in total. The molecule has 0 atom stereocenters. The largest absolute Gasteiger partial charge is 0.379 e. The number of piperidine rings is 1. The fourth-order valence-corrected chi connectivity index (χ4v) is 4.60. The molecule has 0 bridgehead atoms. The van der Waals surface area contributed by atoms with Gasteiger partial charge in [-0.25, -0.2) is 0 Å². The summed E-state index contributed by atoms with van der Waals surface area (Å²) in [5.74, 6) is 0.474. The van der Waals surface area contributed by atoms with Crippen molar-refractivity contribution in [3.05, 3.63) is 35.0 Å². The van der Waals surface area contributed by atoms with Gasteiger partial charge in [0.1, 0.15) is 5.69 Å². The Morgan fingerprint density at radius 2 is 1.90 bits per heavy atom. The number of morpholine rings is 1. The number of halogens is 1. The number of nitrogens with zero attached hydrogens (tertiary/aromatic N) is 2. The third-order valence-electron chi connectivity index (χ3n) is 6.27. The van der Waals surface area contributed by atoms with Gasteiger partial charge in [0.2, 0.25) is 5.91 Å². The molecule has 1 aromatic heterocycles. The topological polar surface area (TPSA) is 77.7 Å². The molecule has 2 aromatic rings. The zero-order chi connectivity index (χ0) is 21.6. The molecule has 0 aliphatic carbocycles. The second-order valence-corrected chi connectivity index (χ2v) is 8.95. The number of H-pyrrole nitrogens is 1. The fraction of sp³-hybridized carbons (Fsp3) is 0.565. The first kappa shape index (κ1) is 22.1. The van der Waals surface area contributed by atoms with Crippen molar-refractivity contribution in [2.75, 3.05) is 52.5 Å². The van der Waals surface area contributed by atoms with Crippen molar-refractivity contribution in [1.82, 2.24) is 20.1 Å². The Hall–Kier alpha value is -2.09. The Morgan fingerprint density at radius 3 is 2.68 bits per heavy atom. The van der Waals surface area contributed by atoms with Gasteiger partial charge >= 0.3 is 0 Å². The first-order valence-corrected chi connectivity index (χ1v) is 11.6. The molecule has 2 amide bonds. The summed E-state index contributed by atoms with van der Waals surface area (Å²) >= 11 is 6.04. The Kier molecular flexibility index (Phi) is 7.48. The predicted octanol–water partition coefficient (Wildman–Crippen LogP) is 2.90. The number of carbonyl (C=O) groups is 2. The van der Waals surface area contributed by atoms with Crippen LogP contribution in [-0.2, 0) is 9.53 Å². The standard InChI is InChI=1S/C23H31ClN4O3/c24-19-2-3-20-18(15-19)16-21(26-20)23(30)28-8-4-17(5-9-28)14-22(29)25-6-1-7-27-10-12-31-13-11-27/h2-3,15-17,26H,1,4-14H2,(H,25,29). The van der Waals surface area contributed by atoms with Crippen molar-refractivity contribution in [2.24, 2.45) is 5.92 Å². The van der Waals surface area contributed by atoms with Gasteiger partial charge in [-0.3, -0.25) is 14.5 Å². The number of aromatic amines is 1. The van der Waals surface area contributed by atoms with E-state index in [9.17, 15) is 9.59 Å². The number of carbonyl (C=O) groups excluding carboxylic acids is 2. The van der Waals surface area contributed by atoms with Gasteiger partial charge in [-0.15, -0.1) is 0 Å². The van der Waals surface area contributed by atoms with E-state index < -0.39 is 0 Å². The number of nitrogens with one attached hydrogen (secondary N) is 2. The van der Waals surface area contributed by atoms with Crippen LogP contribution >= 0.6 is 11.6 Å². The predicted molar refractivity (Wildman–Crippen MR) is 121 cm³/mol. The zero-order valence-electron chi connectivity index (χ0n) is 17.9. The summed E-state index contributed by atoms with van der Waals surface area (Å²) in [6, 6.07) is 7.42. The van der Waals surface area contributed by atoms with Crippen LogP contribution in [0.1, 0.15) is 36.2 Å². The van der Waals surface area contributed by atoms with E-state index in [-0.39, 0.29) is 11.8 Å². The molecule has 0 unspecified atom stereocenters. The van der Waals surface area contributed by atoms with Crippen LogP contribution in [0.2, 0.25) is 5.02 Å². The monoisotopic (exact) mass is 446 g/mol. The van der Waals surface area contributed by atoms with Crippen LogP contribution in [0.5, 0.6) is 0 Å². The Labute approximate surface area is 188 Å². The van der Waals surface area contributed by atoms with Crippen LogP contribution in [0.15, 0.2) is 24.3 Å². The van der Waals surface area contributed by atoms with Crippen molar-refractivity contribution in [1.29, 1.82) is 0 Å². The molecule has 2 aliphatic heterocycles. The minimum atomic E-state index is 0.0123. The third kappa shape index (κ3) is 5.99. The second kappa shape index (κ2) is 10.5. The molecule has 8 heteroatoms. The van der Waals surface area contributed by atoms with Gasteiger partial charge in [0.25, 0.3) is 5.91 Å². The maximum Gasteiger partial charge on any atom is 0.270 e. The van der Waals surface area contributed by atoms with Gasteiger partial charge in [-0.05, 0) is 56.0 Å². The molecule has 0 saturated carbocycles. The van der Waals surface area contributed by atoms with E-state index in [4.69, 9.17) is 16.3 Å². The molecule has 2 N–H and O–H groups in total. The molecule has 2 saturated heterocycles. The van der Waals surface area contributed by atoms with Crippen molar-refractivity contribution < 1.29 is 14.3 Å². The summed E-state index contributed by atoms with van der Waals surface area (Å²) in [4.78, 5) is 32.6. The maximum atomic E-state index is 12.9. The average molecular weight is 447 g/mol. The number of rotatable bonds is 7. The van der Waals surface area contributed by atoms with Crippen LogP contribution in [-0.4, -0.2) is 79.1 Å². The van der Waals surface area contributed by atoms with Crippen molar-refractivity contribution >= 4 is 34.3 Å². The molecular weight excluding hydrogens is 416 g/mol. The molecule has 2 aliphatic rings. The number of aromatic nitrogens is 1. The van der Waals surface area contributed by atoms with Gasteiger partial charge in [-0.2, -0.15) is 0 Å². The van der Waals surface area contributed by atoms with E-state index in [2.05, 4.69) is 15.2 Å². The summed E-state index contributed by atoms with van der Waals surface area (Å²) in [5, 5.41) is 4.65. The Morgan fingerprint density at radius 1 is 1.13 bits per heavy atom. The lowest BCUT2D eigenvalue weighted by molar-refractivity contribution is -0.122. The first-order chi connectivity index (χ1) is 15.1. The van der Waals surface area contributed by atoms with E-state index in [0.717, 1.165) is 69.6 Å². The highest BCUT2D eigenvalue weighted by atomic mass is 35.5. The van der Waals surface area contributed by atoms with Crippen LogP contribution in [0.3, 0.4) is 0 Å². The molecule has 3 heterocycles. The molecule has 0 radical (unpaired) electrons. The summed E-state index contributed by atoms with van der Waals surface area (Å²) in [7, 11) is 0. The lowest BCUT2D eigenvalue weighted by Crippen LogP contribution is -2.40. The van der Waals surface area contributed by atoms with Crippen LogP contribution in [0, 0.1) is 5.92 Å². The lowest BCUT2D eigenvalue weighted by atomic mass is 9.93. The fourth-order valence-electron chi connectivity index (χ4n) is 4.42. The van der Waals surface area contributed by atoms with Crippen LogP contribution in [0.4, 0.5) is 0 Å².